The zero-order valence-electron chi connectivity index (χ0n) is 17.2. The number of nitrogens with zero attached hydrogens (tertiary/aromatic N) is 3. The predicted octanol–water partition coefficient (Wildman–Crippen LogP) is 4.23. The van der Waals surface area contributed by atoms with Crippen molar-refractivity contribution in [3.63, 3.8) is 0 Å². The highest BCUT2D eigenvalue weighted by molar-refractivity contribution is 6.31. The van der Waals surface area contributed by atoms with E-state index in [9.17, 15) is 9.65 Å². The largest absolute Gasteiger partial charge is 0.493 e. The van der Waals surface area contributed by atoms with Gasteiger partial charge < -0.3 is 19.5 Å². The Morgan fingerprint density at radius 2 is 2.10 bits per heavy atom. The zero-order chi connectivity index (χ0) is 22.1. The van der Waals surface area contributed by atoms with Gasteiger partial charge in [-0.2, -0.15) is 5.26 Å². The lowest BCUT2D eigenvalue weighted by Crippen LogP contribution is -2.37. The summed E-state index contributed by atoms with van der Waals surface area (Å²) in [6, 6.07) is 9.63. The molecule has 0 radical (unpaired) electrons. The third-order valence-corrected chi connectivity index (χ3v) is 5.03. The average Bonchev–Trinajstić information content (AvgIpc) is 2.80. The Hall–Kier alpha value is -2.86. The number of nitriles is 1. The predicted molar refractivity (Wildman–Crippen MR) is 118 cm³/mol. The first kappa shape index (κ1) is 22.8. The van der Waals surface area contributed by atoms with Gasteiger partial charge in [-0.15, -0.1) is 0 Å². The molecule has 0 unspecified atom stereocenters. The molecule has 0 saturated carbocycles. The number of nitrogens with one attached hydrogen (secondary N) is 1. The summed E-state index contributed by atoms with van der Waals surface area (Å²) in [6.45, 7) is 4.85. The SMILES string of the molecule is COc1cc(/N=C/Nc2ccc(F)c(Cl)c2)c(C#N)cc1OCCCN1CCOCC1. The van der Waals surface area contributed by atoms with E-state index in [-0.39, 0.29) is 5.02 Å². The maximum atomic E-state index is 13.2. The second-order valence-electron chi connectivity index (χ2n) is 6.82. The molecule has 164 valence electrons. The van der Waals surface area contributed by atoms with Crippen LogP contribution in [0.2, 0.25) is 5.02 Å². The standard InChI is InChI=1S/C22H24ClFN4O3/c1-29-21-13-20(27-15-26-17-3-4-19(24)18(23)12-17)16(14-25)11-22(21)31-8-2-5-28-6-9-30-10-7-28/h3-4,11-13,15H,2,5-10H2,1H3,(H,26,27). The Labute approximate surface area is 186 Å². The molecule has 0 atom stereocenters. The lowest BCUT2D eigenvalue weighted by atomic mass is 10.1. The number of methoxy groups -OCH3 is 1. The van der Waals surface area contributed by atoms with Crippen LogP contribution in [-0.2, 0) is 4.74 Å². The van der Waals surface area contributed by atoms with E-state index >= 15 is 0 Å². The van der Waals surface area contributed by atoms with E-state index in [1.54, 1.807) is 12.1 Å². The third kappa shape index (κ3) is 6.56. The van der Waals surface area contributed by atoms with Crippen LogP contribution in [0.15, 0.2) is 35.3 Å². The van der Waals surface area contributed by atoms with Gasteiger partial charge in [0.15, 0.2) is 11.5 Å². The van der Waals surface area contributed by atoms with Crippen LogP contribution in [0.1, 0.15) is 12.0 Å². The molecule has 31 heavy (non-hydrogen) atoms. The summed E-state index contributed by atoms with van der Waals surface area (Å²) in [5.41, 5.74) is 1.33. The van der Waals surface area contributed by atoms with Crippen LogP contribution in [0.4, 0.5) is 15.8 Å². The van der Waals surface area contributed by atoms with Crippen molar-refractivity contribution in [2.24, 2.45) is 4.99 Å². The average molecular weight is 447 g/mol. The minimum absolute atomic E-state index is 0.00732. The van der Waals surface area contributed by atoms with Crippen LogP contribution in [0, 0.1) is 17.1 Å². The second kappa shape index (κ2) is 11.5. The molecule has 1 fully saturated rings. The smallest absolute Gasteiger partial charge is 0.162 e. The van der Waals surface area contributed by atoms with Gasteiger partial charge in [-0.25, -0.2) is 9.38 Å². The Bertz CT molecular complexity index is 959. The summed E-state index contributed by atoms with van der Waals surface area (Å²) in [6.07, 6.45) is 2.26. The van der Waals surface area contributed by atoms with Crippen molar-refractivity contribution in [2.45, 2.75) is 6.42 Å². The molecule has 1 N–H and O–H groups in total. The van der Waals surface area contributed by atoms with Crippen LogP contribution in [0.25, 0.3) is 0 Å². The highest BCUT2D eigenvalue weighted by Crippen LogP contribution is 2.34. The highest BCUT2D eigenvalue weighted by Gasteiger charge is 2.13. The molecule has 9 heteroatoms. The number of anilines is 1. The summed E-state index contributed by atoms with van der Waals surface area (Å²) in [5, 5.41) is 12.4. The van der Waals surface area contributed by atoms with Gasteiger partial charge in [-0.1, -0.05) is 11.6 Å². The first-order valence-electron chi connectivity index (χ1n) is 9.90. The van der Waals surface area contributed by atoms with Crippen molar-refractivity contribution in [1.29, 1.82) is 5.26 Å². The molecule has 1 aliphatic rings. The van der Waals surface area contributed by atoms with E-state index in [4.69, 9.17) is 25.8 Å². The van der Waals surface area contributed by atoms with Crippen molar-refractivity contribution in [3.05, 3.63) is 46.7 Å². The maximum absolute atomic E-state index is 13.2. The van der Waals surface area contributed by atoms with Gasteiger partial charge in [0.05, 0.1) is 49.5 Å². The molecule has 0 spiro atoms. The topological polar surface area (TPSA) is 79.1 Å². The number of hydrogen-bond donors (Lipinski definition) is 1. The molecule has 1 heterocycles. The van der Waals surface area contributed by atoms with Gasteiger partial charge in [0.2, 0.25) is 0 Å². The number of halogens is 2. The fourth-order valence-electron chi connectivity index (χ4n) is 3.08. The maximum Gasteiger partial charge on any atom is 0.162 e. The quantitative estimate of drug-likeness (QED) is 0.353. The summed E-state index contributed by atoms with van der Waals surface area (Å²) in [5.74, 6) is 0.488. The van der Waals surface area contributed by atoms with Crippen molar-refractivity contribution < 1.29 is 18.6 Å². The van der Waals surface area contributed by atoms with E-state index in [2.05, 4.69) is 21.3 Å². The highest BCUT2D eigenvalue weighted by atomic mass is 35.5. The van der Waals surface area contributed by atoms with Crippen molar-refractivity contribution in [2.75, 3.05) is 51.9 Å². The fraction of sp³-hybridized carbons (Fsp3) is 0.364. The van der Waals surface area contributed by atoms with Gasteiger partial charge in [-0.3, -0.25) is 4.90 Å². The van der Waals surface area contributed by atoms with Crippen LogP contribution in [0.3, 0.4) is 0 Å². The van der Waals surface area contributed by atoms with Crippen molar-refractivity contribution in [3.8, 4) is 17.6 Å². The van der Waals surface area contributed by atoms with E-state index in [0.717, 1.165) is 39.3 Å². The van der Waals surface area contributed by atoms with E-state index in [0.29, 0.717) is 35.0 Å². The fourth-order valence-corrected chi connectivity index (χ4v) is 3.26. The van der Waals surface area contributed by atoms with Gasteiger partial charge in [0.1, 0.15) is 11.9 Å². The summed E-state index contributed by atoms with van der Waals surface area (Å²) >= 11 is 5.77. The first-order chi connectivity index (χ1) is 15.1. The normalized spacial score (nSPS) is 14.4. The Morgan fingerprint density at radius 1 is 1.29 bits per heavy atom. The molecule has 2 aromatic carbocycles. The molecule has 0 aromatic heterocycles. The number of hydrogen-bond acceptors (Lipinski definition) is 6. The number of morpholine rings is 1. The van der Waals surface area contributed by atoms with Crippen LogP contribution in [-0.4, -0.2) is 57.8 Å². The van der Waals surface area contributed by atoms with Crippen LogP contribution in [0.5, 0.6) is 11.5 Å². The van der Waals surface area contributed by atoms with Crippen LogP contribution >= 0.6 is 11.6 Å². The van der Waals surface area contributed by atoms with E-state index in [1.165, 1.54) is 31.6 Å². The van der Waals surface area contributed by atoms with E-state index in [1.807, 2.05) is 0 Å². The lowest BCUT2D eigenvalue weighted by molar-refractivity contribution is 0.0357. The summed E-state index contributed by atoms with van der Waals surface area (Å²) < 4.78 is 29.9. The van der Waals surface area contributed by atoms with Gasteiger partial charge in [0.25, 0.3) is 0 Å². The third-order valence-electron chi connectivity index (χ3n) is 4.74. The molecule has 0 aliphatic carbocycles. The van der Waals surface area contributed by atoms with Gasteiger partial charge in [-0.05, 0) is 24.6 Å². The van der Waals surface area contributed by atoms with E-state index < -0.39 is 5.82 Å². The molecule has 1 saturated heterocycles. The van der Waals surface area contributed by atoms with Crippen LogP contribution < -0.4 is 14.8 Å². The zero-order valence-corrected chi connectivity index (χ0v) is 18.0. The molecular weight excluding hydrogens is 423 g/mol. The Morgan fingerprint density at radius 3 is 2.81 bits per heavy atom. The van der Waals surface area contributed by atoms with Crippen molar-refractivity contribution in [1.82, 2.24) is 4.90 Å². The number of ether oxygens (including phenoxy) is 3. The molecule has 0 amide bonds. The number of benzene rings is 2. The molecule has 1 aliphatic heterocycles. The minimum Gasteiger partial charge on any atom is -0.493 e. The molecule has 0 bridgehead atoms. The summed E-state index contributed by atoms with van der Waals surface area (Å²) in [7, 11) is 1.54. The second-order valence-corrected chi connectivity index (χ2v) is 7.23. The number of aliphatic imine (C=N–C) groups is 1. The lowest BCUT2D eigenvalue weighted by Gasteiger charge is -2.26. The first-order valence-corrected chi connectivity index (χ1v) is 10.3. The molecular formula is C22H24ClFN4O3. The molecule has 3 rings (SSSR count). The van der Waals surface area contributed by atoms with Crippen molar-refractivity contribution >= 4 is 29.3 Å². The molecule has 2 aromatic rings. The Balaban J connectivity index is 1.62. The van der Waals surface area contributed by atoms with Gasteiger partial charge in [0, 0.05) is 37.5 Å². The minimum atomic E-state index is -0.499. The monoisotopic (exact) mass is 446 g/mol. The molecule has 7 nitrogen and oxygen atoms in total. The Kier molecular flexibility index (Phi) is 8.47. The number of rotatable bonds is 9. The van der Waals surface area contributed by atoms with Gasteiger partial charge >= 0.3 is 0 Å². The summed E-state index contributed by atoms with van der Waals surface area (Å²) in [4.78, 5) is 6.62.